The standard InChI is InChI=1S/C28H38ClN/c1-17(30-26-22-8-18-6-19(10-22)11-23(26)9-18)27-12-20-7-21(13-27)15-28(14-20,16-27)24-2-4-25(29)5-3-24/h2-5,17-23,26,30H,6-16H2,1H3/t17-,18?,19?,20-,21-,22?,23?,26?,27?,28?/m0/s1. The van der Waals surface area contributed by atoms with Gasteiger partial charge in [-0.1, -0.05) is 23.7 Å². The monoisotopic (exact) mass is 423 g/mol. The zero-order valence-corrected chi connectivity index (χ0v) is 19.3. The Morgan fingerprint density at radius 3 is 1.97 bits per heavy atom. The summed E-state index contributed by atoms with van der Waals surface area (Å²) in [6.07, 6.45) is 16.4. The highest BCUT2D eigenvalue weighted by atomic mass is 35.5. The maximum Gasteiger partial charge on any atom is 0.0406 e. The highest BCUT2D eigenvalue weighted by molar-refractivity contribution is 6.30. The number of halogens is 1. The molecule has 1 aromatic rings. The molecule has 0 aliphatic heterocycles. The van der Waals surface area contributed by atoms with Gasteiger partial charge in [-0.25, -0.2) is 0 Å². The summed E-state index contributed by atoms with van der Waals surface area (Å²) in [5.41, 5.74) is 2.54. The number of hydrogen-bond donors (Lipinski definition) is 1. The van der Waals surface area contributed by atoms with Gasteiger partial charge < -0.3 is 5.32 Å². The van der Waals surface area contributed by atoms with Crippen molar-refractivity contribution in [3.8, 4) is 0 Å². The first-order valence-corrected chi connectivity index (χ1v) is 13.4. The Morgan fingerprint density at radius 2 is 1.37 bits per heavy atom. The second-order valence-corrected chi connectivity index (χ2v) is 13.4. The summed E-state index contributed by atoms with van der Waals surface area (Å²) in [6, 6.07) is 10.5. The predicted molar refractivity (Wildman–Crippen MR) is 124 cm³/mol. The lowest BCUT2D eigenvalue weighted by Crippen LogP contribution is -2.64. The molecule has 0 saturated heterocycles. The van der Waals surface area contributed by atoms with Crippen LogP contribution in [-0.2, 0) is 5.41 Å². The molecule has 9 rings (SSSR count). The van der Waals surface area contributed by atoms with Gasteiger partial charge in [0.15, 0.2) is 0 Å². The first kappa shape index (κ1) is 19.0. The molecular weight excluding hydrogens is 386 g/mol. The van der Waals surface area contributed by atoms with Crippen molar-refractivity contribution >= 4 is 11.6 Å². The summed E-state index contributed by atoms with van der Waals surface area (Å²) in [4.78, 5) is 0. The Hall–Kier alpha value is -0.530. The van der Waals surface area contributed by atoms with Crippen molar-refractivity contribution in [1.82, 2.24) is 5.32 Å². The molecule has 0 amide bonds. The van der Waals surface area contributed by atoms with Crippen LogP contribution in [-0.4, -0.2) is 12.1 Å². The number of rotatable bonds is 4. The molecule has 8 fully saturated rings. The summed E-state index contributed by atoms with van der Waals surface area (Å²) in [5, 5.41) is 5.26. The topological polar surface area (TPSA) is 12.0 Å². The van der Waals surface area contributed by atoms with Gasteiger partial charge in [-0.05, 0) is 142 Å². The van der Waals surface area contributed by atoms with Gasteiger partial charge in [0, 0.05) is 17.1 Å². The smallest absolute Gasteiger partial charge is 0.0406 e. The molecular formula is C28H38ClN. The second kappa shape index (κ2) is 6.50. The minimum absolute atomic E-state index is 0.425. The summed E-state index contributed by atoms with van der Waals surface area (Å²) in [5.74, 6) is 6.03. The minimum Gasteiger partial charge on any atom is -0.310 e. The van der Waals surface area contributed by atoms with Crippen molar-refractivity contribution in [3.63, 3.8) is 0 Å². The van der Waals surface area contributed by atoms with E-state index in [1.54, 1.807) is 12.0 Å². The van der Waals surface area contributed by atoms with Gasteiger partial charge in [-0.2, -0.15) is 0 Å². The molecule has 1 N–H and O–H groups in total. The molecule has 3 atom stereocenters. The molecule has 0 spiro atoms. The van der Waals surface area contributed by atoms with Crippen LogP contribution in [0.4, 0.5) is 0 Å². The van der Waals surface area contributed by atoms with Crippen molar-refractivity contribution in [1.29, 1.82) is 0 Å². The van der Waals surface area contributed by atoms with Crippen molar-refractivity contribution in [2.24, 2.45) is 40.9 Å². The van der Waals surface area contributed by atoms with Gasteiger partial charge in [0.25, 0.3) is 0 Å². The Bertz CT molecular complexity index is 786. The molecule has 1 aromatic carbocycles. The molecule has 8 aliphatic rings. The van der Waals surface area contributed by atoms with Gasteiger partial charge in [0.2, 0.25) is 0 Å². The maximum absolute atomic E-state index is 6.26. The zero-order chi connectivity index (χ0) is 20.1. The quantitative estimate of drug-likeness (QED) is 0.550. The van der Waals surface area contributed by atoms with E-state index in [4.69, 9.17) is 11.6 Å². The van der Waals surface area contributed by atoms with E-state index in [9.17, 15) is 0 Å². The molecule has 162 valence electrons. The van der Waals surface area contributed by atoms with Crippen LogP contribution in [0, 0.1) is 40.9 Å². The number of benzene rings is 1. The lowest BCUT2D eigenvalue weighted by Gasteiger charge is -2.65. The van der Waals surface area contributed by atoms with Crippen molar-refractivity contribution < 1.29 is 0 Å². The zero-order valence-electron chi connectivity index (χ0n) is 18.6. The SMILES string of the molecule is C[C@H](NC1C2CC3CC(C2)CC1C3)C12C[C@@H]3C[C@H](CC(c4ccc(Cl)cc4)(C3)C1)C2. The molecule has 0 unspecified atom stereocenters. The Balaban J connectivity index is 1.17. The van der Waals surface area contributed by atoms with E-state index in [-0.39, 0.29) is 0 Å². The van der Waals surface area contributed by atoms with Gasteiger partial charge >= 0.3 is 0 Å². The van der Waals surface area contributed by atoms with Crippen LogP contribution in [0.5, 0.6) is 0 Å². The Kier molecular flexibility index (Phi) is 4.12. The fourth-order valence-corrected chi connectivity index (χ4v) is 10.8. The molecule has 30 heavy (non-hydrogen) atoms. The molecule has 8 bridgehead atoms. The normalized spacial score (nSPS) is 51.5. The molecule has 1 nitrogen and oxygen atoms in total. The van der Waals surface area contributed by atoms with E-state index >= 15 is 0 Å². The van der Waals surface area contributed by atoms with E-state index in [1.807, 2.05) is 0 Å². The molecule has 8 saturated carbocycles. The number of nitrogens with one attached hydrogen (secondary N) is 1. The highest BCUT2D eigenvalue weighted by Gasteiger charge is 2.60. The van der Waals surface area contributed by atoms with Gasteiger partial charge in [0.1, 0.15) is 0 Å². The van der Waals surface area contributed by atoms with Crippen LogP contribution in [0.25, 0.3) is 0 Å². The summed E-state index contributed by atoms with van der Waals surface area (Å²) in [6.45, 7) is 2.59. The largest absolute Gasteiger partial charge is 0.310 e. The average molecular weight is 424 g/mol. The molecule has 8 aliphatic carbocycles. The summed E-state index contributed by atoms with van der Waals surface area (Å²) < 4.78 is 0. The third-order valence-corrected chi connectivity index (χ3v) is 11.4. The van der Waals surface area contributed by atoms with Crippen LogP contribution in [0.15, 0.2) is 24.3 Å². The summed E-state index contributed by atoms with van der Waals surface area (Å²) >= 11 is 6.26. The Labute approximate surface area is 187 Å². The first-order valence-electron chi connectivity index (χ1n) is 13.0. The van der Waals surface area contributed by atoms with Crippen molar-refractivity contribution in [2.45, 2.75) is 95.1 Å². The van der Waals surface area contributed by atoms with E-state index in [0.717, 1.165) is 46.6 Å². The third kappa shape index (κ3) is 2.76. The fourth-order valence-electron chi connectivity index (χ4n) is 10.6. The highest BCUT2D eigenvalue weighted by Crippen LogP contribution is 2.67. The van der Waals surface area contributed by atoms with E-state index in [0.29, 0.717) is 16.9 Å². The van der Waals surface area contributed by atoms with Crippen molar-refractivity contribution in [2.75, 3.05) is 0 Å². The lowest BCUT2D eigenvalue weighted by molar-refractivity contribution is -0.0986. The van der Waals surface area contributed by atoms with E-state index in [2.05, 4.69) is 36.5 Å². The molecule has 0 radical (unpaired) electrons. The predicted octanol–water partition coefficient (Wildman–Crippen LogP) is 6.98. The van der Waals surface area contributed by atoms with Crippen LogP contribution in [0.3, 0.4) is 0 Å². The van der Waals surface area contributed by atoms with Crippen LogP contribution < -0.4 is 5.32 Å². The average Bonchev–Trinajstić information content (AvgIpc) is 2.69. The fraction of sp³-hybridized carbons (Fsp3) is 0.786. The molecule has 0 aromatic heterocycles. The van der Waals surface area contributed by atoms with Crippen LogP contribution in [0.2, 0.25) is 5.02 Å². The second-order valence-electron chi connectivity index (χ2n) is 13.0. The molecule has 2 heteroatoms. The lowest BCUT2D eigenvalue weighted by atomic mass is 9.41. The van der Waals surface area contributed by atoms with Crippen LogP contribution in [0.1, 0.15) is 83.1 Å². The molecule has 0 heterocycles. The van der Waals surface area contributed by atoms with Gasteiger partial charge in [-0.15, -0.1) is 0 Å². The van der Waals surface area contributed by atoms with E-state index in [1.165, 1.54) is 64.2 Å². The van der Waals surface area contributed by atoms with Crippen LogP contribution >= 0.6 is 11.6 Å². The maximum atomic E-state index is 6.26. The van der Waals surface area contributed by atoms with E-state index < -0.39 is 0 Å². The van der Waals surface area contributed by atoms with Gasteiger partial charge in [-0.3, -0.25) is 0 Å². The number of hydrogen-bond acceptors (Lipinski definition) is 1. The van der Waals surface area contributed by atoms with Gasteiger partial charge in [0.05, 0.1) is 0 Å². The third-order valence-electron chi connectivity index (χ3n) is 11.2. The van der Waals surface area contributed by atoms with Crippen molar-refractivity contribution in [3.05, 3.63) is 34.9 Å². The minimum atomic E-state index is 0.425. The Morgan fingerprint density at radius 1 is 0.800 bits per heavy atom. The summed E-state index contributed by atoms with van der Waals surface area (Å²) in [7, 11) is 0. The first-order chi connectivity index (χ1) is 14.5.